The topological polar surface area (TPSA) is 93.8 Å². The lowest BCUT2D eigenvalue weighted by Gasteiger charge is -2.22. The second-order valence-corrected chi connectivity index (χ2v) is 8.34. The molecule has 1 unspecified atom stereocenters. The van der Waals surface area contributed by atoms with E-state index in [9.17, 15) is 9.50 Å². The minimum Gasteiger partial charge on any atom is -0.497 e. The first kappa shape index (κ1) is 25.1. The van der Waals surface area contributed by atoms with E-state index in [1.165, 1.54) is 6.07 Å². The van der Waals surface area contributed by atoms with Gasteiger partial charge in [0.25, 0.3) is 0 Å². The maximum Gasteiger partial charge on any atom is 0.457 e. The number of aromatic nitrogens is 3. The van der Waals surface area contributed by atoms with Crippen molar-refractivity contribution in [2.75, 3.05) is 19.5 Å². The van der Waals surface area contributed by atoms with Crippen molar-refractivity contribution in [3.63, 3.8) is 0 Å². The number of nitrogens with one attached hydrogen (secondary N) is 1. The number of aliphatic hydroxyl groups excluding tert-OH is 1. The zero-order valence-electron chi connectivity index (χ0n) is 20.2. The predicted octanol–water partition coefficient (Wildman–Crippen LogP) is 5.33. The molecule has 3 aromatic rings. The molecule has 2 aromatic heterocycles. The molecule has 2 atom stereocenters. The fourth-order valence-electron chi connectivity index (χ4n) is 3.39. The molecule has 0 saturated heterocycles. The van der Waals surface area contributed by atoms with Gasteiger partial charge in [0.2, 0.25) is 5.52 Å². The largest absolute Gasteiger partial charge is 0.497 e. The van der Waals surface area contributed by atoms with Gasteiger partial charge >= 0.3 is 11.8 Å². The van der Waals surface area contributed by atoms with Crippen LogP contribution >= 0.6 is 0 Å². The van der Waals surface area contributed by atoms with Gasteiger partial charge in [0, 0.05) is 29.2 Å². The third kappa shape index (κ3) is 5.88. The Bertz CT molecular complexity index is 1210. The number of anilines is 1. The van der Waals surface area contributed by atoms with Gasteiger partial charge < -0.3 is 19.9 Å². The fourth-order valence-corrected chi connectivity index (χ4v) is 3.39. The molecule has 0 aliphatic heterocycles. The van der Waals surface area contributed by atoms with Crippen LogP contribution < -0.4 is 14.8 Å². The Kier molecular flexibility index (Phi) is 8.18. The summed E-state index contributed by atoms with van der Waals surface area (Å²) in [6, 6.07) is 9.85. The maximum atomic E-state index is 13.9. The number of fused-ring (bicyclic) bond motifs is 1. The van der Waals surface area contributed by atoms with Gasteiger partial charge in [-0.25, -0.2) is 9.37 Å². The zero-order chi connectivity index (χ0) is 24.7. The number of pyridine rings is 1. The van der Waals surface area contributed by atoms with Gasteiger partial charge in [0.15, 0.2) is 6.07 Å². The van der Waals surface area contributed by atoms with Crippen LogP contribution in [0.15, 0.2) is 30.5 Å². The molecule has 34 heavy (non-hydrogen) atoms. The van der Waals surface area contributed by atoms with Crippen LogP contribution in [-0.4, -0.2) is 40.4 Å². The Hall–Kier alpha value is -3.51. The zero-order valence-corrected chi connectivity index (χ0v) is 20.2. The van der Waals surface area contributed by atoms with Gasteiger partial charge in [-0.05, 0) is 32.4 Å². The Balaban J connectivity index is 1.98. The highest BCUT2D eigenvalue weighted by molar-refractivity contribution is 5.86. The van der Waals surface area contributed by atoms with Crippen LogP contribution in [0.3, 0.4) is 0 Å². The van der Waals surface area contributed by atoms with Gasteiger partial charge in [-0.2, -0.15) is 9.83 Å². The molecule has 0 amide bonds. The van der Waals surface area contributed by atoms with Gasteiger partial charge in [0.1, 0.15) is 28.2 Å². The highest BCUT2D eigenvalue weighted by Gasteiger charge is 2.32. The van der Waals surface area contributed by atoms with Gasteiger partial charge in [-0.1, -0.05) is 19.8 Å². The number of aliphatic hydroxyl groups is 1. The van der Waals surface area contributed by atoms with Crippen molar-refractivity contribution in [3.8, 4) is 17.6 Å². The second kappa shape index (κ2) is 11.1. The molecule has 8 nitrogen and oxygen atoms in total. The van der Waals surface area contributed by atoms with Crippen molar-refractivity contribution >= 4 is 22.8 Å². The maximum absolute atomic E-state index is 13.9. The Morgan fingerprint density at radius 2 is 2.03 bits per heavy atom. The average molecular weight is 469 g/mol. The molecular weight excluding hydrogens is 437 g/mol. The minimum atomic E-state index is -0.655. The SMILES string of the molecule is CCCC[C@@](C)(C#[N+]c1nc(NCc2ccc(OC)cc2OC)nc2cc(F)cnc12)C(C)O. The molecule has 0 spiro atoms. The number of nitrogens with zero attached hydrogens (tertiary/aromatic N) is 4. The standard InChI is InChI=1S/C25H31FN5O3/c1-6-7-10-25(3,16(2)32)15-29-23-22-20(11-18(26)14-27-22)30-24(31-23)28-13-17-8-9-19(33-4)12-21(17)34-5/h8-9,11-12,14,16,32H,6-7,10,13H2,1-5H3,(H,28,30,31)/q+1/t16?,25-/m0/s1. The highest BCUT2D eigenvalue weighted by Crippen LogP contribution is 2.31. The summed E-state index contributed by atoms with van der Waals surface area (Å²) in [7, 11) is 3.17. The number of rotatable bonds is 9. The van der Waals surface area contributed by atoms with E-state index in [0.29, 0.717) is 29.1 Å². The van der Waals surface area contributed by atoms with Gasteiger partial charge in [-0.3, -0.25) is 0 Å². The Morgan fingerprint density at radius 3 is 2.71 bits per heavy atom. The molecule has 9 heteroatoms. The molecule has 0 fully saturated rings. The van der Waals surface area contributed by atoms with Crippen LogP contribution in [0.5, 0.6) is 11.5 Å². The summed E-state index contributed by atoms with van der Waals surface area (Å²) in [4.78, 5) is 17.5. The van der Waals surface area contributed by atoms with Crippen LogP contribution in [-0.2, 0) is 6.54 Å². The summed E-state index contributed by atoms with van der Waals surface area (Å²) in [5, 5.41) is 13.5. The minimum absolute atomic E-state index is 0.248. The second-order valence-electron chi connectivity index (χ2n) is 8.34. The van der Waals surface area contributed by atoms with Crippen molar-refractivity contribution < 1.29 is 19.0 Å². The fraction of sp³-hybridized carbons (Fsp3) is 0.440. The van der Waals surface area contributed by atoms with Crippen molar-refractivity contribution in [1.82, 2.24) is 15.0 Å². The van der Waals surface area contributed by atoms with Crippen molar-refractivity contribution in [1.29, 1.82) is 0 Å². The lowest BCUT2D eigenvalue weighted by molar-refractivity contribution is 0.0856. The molecule has 2 heterocycles. The van der Waals surface area contributed by atoms with Crippen LogP contribution in [0.25, 0.3) is 15.9 Å². The molecule has 180 valence electrons. The van der Waals surface area contributed by atoms with E-state index in [4.69, 9.17) is 9.47 Å². The Morgan fingerprint density at radius 1 is 1.24 bits per heavy atom. The lowest BCUT2D eigenvalue weighted by atomic mass is 9.82. The first-order valence-electron chi connectivity index (χ1n) is 11.2. The van der Waals surface area contributed by atoms with E-state index in [1.807, 2.05) is 19.1 Å². The van der Waals surface area contributed by atoms with E-state index >= 15 is 0 Å². The van der Waals surface area contributed by atoms with Crippen molar-refractivity contribution in [3.05, 3.63) is 46.7 Å². The molecule has 2 N–H and O–H groups in total. The lowest BCUT2D eigenvalue weighted by Crippen LogP contribution is -2.28. The third-order valence-corrected chi connectivity index (χ3v) is 5.80. The molecule has 0 aliphatic rings. The van der Waals surface area contributed by atoms with Crippen molar-refractivity contribution in [2.24, 2.45) is 5.41 Å². The molecule has 0 bridgehead atoms. The molecule has 1 aromatic carbocycles. The number of hydrogen-bond donors (Lipinski definition) is 2. The van der Waals surface area contributed by atoms with E-state index < -0.39 is 17.3 Å². The van der Waals surface area contributed by atoms with Gasteiger partial charge in [-0.15, -0.1) is 0 Å². The van der Waals surface area contributed by atoms with Crippen LogP contribution in [0.2, 0.25) is 0 Å². The first-order chi connectivity index (χ1) is 16.3. The summed E-state index contributed by atoms with van der Waals surface area (Å²) >= 11 is 0. The monoisotopic (exact) mass is 468 g/mol. The van der Waals surface area contributed by atoms with Crippen LogP contribution in [0, 0.1) is 17.3 Å². The highest BCUT2D eigenvalue weighted by atomic mass is 19.1. The molecule has 0 radical (unpaired) electrons. The molecule has 3 rings (SSSR count). The third-order valence-electron chi connectivity index (χ3n) is 5.80. The van der Waals surface area contributed by atoms with Crippen molar-refractivity contribution in [2.45, 2.75) is 52.7 Å². The van der Waals surface area contributed by atoms with E-state index in [-0.39, 0.29) is 11.8 Å². The molecule has 0 saturated carbocycles. The summed E-state index contributed by atoms with van der Waals surface area (Å²) in [6.45, 7) is 6.07. The van der Waals surface area contributed by atoms with Gasteiger partial charge in [0.05, 0.1) is 26.5 Å². The normalized spacial score (nSPS) is 13.5. The number of hydrogen-bond acceptors (Lipinski definition) is 7. The molecule has 0 aliphatic carbocycles. The first-order valence-corrected chi connectivity index (χ1v) is 11.2. The van der Waals surface area contributed by atoms with E-state index in [2.05, 4.69) is 38.1 Å². The summed E-state index contributed by atoms with van der Waals surface area (Å²) in [6.07, 6.45) is 3.09. The number of ether oxygens (including phenoxy) is 2. The predicted molar refractivity (Wildman–Crippen MR) is 130 cm³/mol. The number of benzene rings is 1. The van der Waals surface area contributed by atoms with Crippen LogP contribution in [0.1, 0.15) is 45.6 Å². The number of methoxy groups -OCH3 is 2. The average Bonchev–Trinajstić information content (AvgIpc) is 2.84. The van der Waals surface area contributed by atoms with Crippen LogP contribution in [0.4, 0.5) is 16.2 Å². The number of halogens is 1. The summed E-state index contributed by atoms with van der Waals surface area (Å²) in [5.74, 6) is 1.32. The quantitative estimate of drug-likeness (QED) is 0.438. The Labute approximate surface area is 199 Å². The summed E-state index contributed by atoms with van der Waals surface area (Å²) < 4.78 is 24.6. The summed E-state index contributed by atoms with van der Waals surface area (Å²) in [5.41, 5.74) is 0.872. The van der Waals surface area contributed by atoms with E-state index in [0.717, 1.165) is 31.0 Å². The number of unbranched alkanes of at least 4 members (excludes halogenated alkanes) is 1. The molecular formula is C25H31FN5O3+. The smallest absolute Gasteiger partial charge is 0.457 e. The van der Waals surface area contributed by atoms with E-state index in [1.54, 1.807) is 27.2 Å².